The van der Waals surface area contributed by atoms with Gasteiger partial charge in [0, 0.05) is 5.02 Å². The van der Waals surface area contributed by atoms with Gasteiger partial charge in [-0.25, -0.2) is 4.98 Å². The summed E-state index contributed by atoms with van der Waals surface area (Å²) in [5.41, 5.74) is 0.0809. The van der Waals surface area contributed by atoms with Crippen molar-refractivity contribution < 1.29 is 9.90 Å². The van der Waals surface area contributed by atoms with Gasteiger partial charge in [-0.05, 0) is 31.5 Å². The lowest BCUT2D eigenvalue weighted by Gasteiger charge is -2.21. The molecule has 1 aromatic carbocycles. The fourth-order valence-corrected chi connectivity index (χ4v) is 2.28. The minimum absolute atomic E-state index is 0.247. The standard InChI is InChI=1S/C13H13ClN2O3/c1-3-11(13(18)19)16-7(2)15-10-5-4-8(14)6-9(10)12(16)17/h4-6,11H,3H2,1-2H3,(H,18,19)/p-1. The monoisotopic (exact) mass is 279 g/mol. The quantitative estimate of drug-likeness (QED) is 0.842. The molecule has 0 bridgehead atoms. The lowest BCUT2D eigenvalue weighted by atomic mass is 10.2. The Kier molecular flexibility index (Phi) is 3.57. The second kappa shape index (κ2) is 5.01. The largest absolute Gasteiger partial charge is 0.548 e. The Morgan fingerprint density at radius 1 is 1.53 bits per heavy atom. The van der Waals surface area contributed by atoms with Crippen LogP contribution in [0.1, 0.15) is 25.2 Å². The number of aliphatic carboxylic acids is 1. The fourth-order valence-electron chi connectivity index (χ4n) is 2.10. The van der Waals surface area contributed by atoms with Gasteiger partial charge in [0.05, 0.1) is 22.9 Å². The highest BCUT2D eigenvalue weighted by atomic mass is 35.5. The first kappa shape index (κ1) is 13.5. The maximum absolute atomic E-state index is 12.4. The van der Waals surface area contributed by atoms with Gasteiger partial charge in [0.15, 0.2) is 0 Å². The number of hydrogen-bond acceptors (Lipinski definition) is 4. The molecule has 0 aliphatic heterocycles. The second-order valence-corrected chi connectivity index (χ2v) is 4.68. The molecule has 1 unspecified atom stereocenters. The van der Waals surface area contributed by atoms with E-state index in [9.17, 15) is 14.7 Å². The van der Waals surface area contributed by atoms with Gasteiger partial charge in [-0.1, -0.05) is 18.5 Å². The maximum atomic E-state index is 12.4. The van der Waals surface area contributed by atoms with E-state index in [1.165, 1.54) is 6.07 Å². The van der Waals surface area contributed by atoms with Crippen LogP contribution in [-0.2, 0) is 4.79 Å². The molecule has 0 radical (unpaired) electrons. The molecule has 100 valence electrons. The Labute approximate surface area is 114 Å². The zero-order valence-electron chi connectivity index (χ0n) is 10.5. The number of benzene rings is 1. The molecular weight excluding hydrogens is 268 g/mol. The van der Waals surface area contributed by atoms with Gasteiger partial charge in [-0.3, -0.25) is 9.36 Å². The average molecular weight is 280 g/mol. The number of hydrogen-bond donors (Lipinski definition) is 0. The van der Waals surface area contributed by atoms with Crippen LogP contribution < -0.4 is 10.7 Å². The van der Waals surface area contributed by atoms with Crippen molar-refractivity contribution in [3.63, 3.8) is 0 Å². The van der Waals surface area contributed by atoms with Crippen LogP contribution >= 0.6 is 11.6 Å². The van der Waals surface area contributed by atoms with Crippen molar-refractivity contribution in [1.29, 1.82) is 0 Å². The van der Waals surface area contributed by atoms with E-state index in [0.717, 1.165) is 4.57 Å². The summed E-state index contributed by atoms with van der Waals surface area (Å²) in [5.74, 6) is -0.952. The maximum Gasteiger partial charge on any atom is 0.262 e. The molecule has 5 nitrogen and oxygen atoms in total. The molecule has 0 aliphatic carbocycles. The molecule has 1 heterocycles. The number of carbonyl (C=O) groups is 1. The summed E-state index contributed by atoms with van der Waals surface area (Å²) >= 11 is 5.85. The highest BCUT2D eigenvalue weighted by Gasteiger charge is 2.17. The van der Waals surface area contributed by atoms with E-state index in [1.807, 2.05) is 0 Å². The molecule has 6 heteroatoms. The van der Waals surface area contributed by atoms with Crippen LogP contribution in [-0.4, -0.2) is 15.5 Å². The molecule has 0 saturated heterocycles. The van der Waals surface area contributed by atoms with E-state index < -0.39 is 17.6 Å². The fraction of sp³-hybridized carbons (Fsp3) is 0.308. The number of fused-ring (bicyclic) bond motifs is 1. The van der Waals surface area contributed by atoms with Crippen LogP contribution in [0.2, 0.25) is 5.02 Å². The highest BCUT2D eigenvalue weighted by molar-refractivity contribution is 6.31. The van der Waals surface area contributed by atoms with E-state index in [2.05, 4.69) is 4.98 Å². The Hall–Kier alpha value is -1.88. The zero-order chi connectivity index (χ0) is 14.2. The first-order valence-electron chi connectivity index (χ1n) is 5.85. The Morgan fingerprint density at radius 2 is 2.21 bits per heavy atom. The summed E-state index contributed by atoms with van der Waals surface area (Å²) in [4.78, 5) is 27.7. The summed E-state index contributed by atoms with van der Waals surface area (Å²) in [7, 11) is 0. The lowest BCUT2D eigenvalue weighted by Crippen LogP contribution is -2.39. The number of aromatic nitrogens is 2. The van der Waals surface area contributed by atoms with Gasteiger partial charge in [0.2, 0.25) is 0 Å². The van der Waals surface area contributed by atoms with Crippen molar-refractivity contribution in [2.75, 3.05) is 0 Å². The molecule has 0 aliphatic rings. The summed E-state index contributed by atoms with van der Waals surface area (Å²) in [6.45, 7) is 3.27. The van der Waals surface area contributed by atoms with Crippen molar-refractivity contribution in [2.45, 2.75) is 26.3 Å². The molecule has 2 aromatic rings. The smallest absolute Gasteiger partial charge is 0.262 e. The summed E-state index contributed by atoms with van der Waals surface area (Å²) in [6, 6.07) is 3.74. The number of carboxylic acid groups (broad SMARTS) is 1. The number of nitrogens with zero attached hydrogens (tertiary/aromatic N) is 2. The normalized spacial score (nSPS) is 12.6. The van der Waals surface area contributed by atoms with Crippen LogP contribution in [0.5, 0.6) is 0 Å². The predicted molar refractivity (Wildman–Crippen MR) is 70.1 cm³/mol. The SMILES string of the molecule is CCC(C(=O)[O-])n1c(C)nc2ccc(Cl)cc2c1=O. The summed E-state index contributed by atoms with van der Waals surface area (Å²) < 4.78 is 1.15. The number of halogens is 1. The van der Waals surface area contributed by atoms with Crippen molar-refractivity contribution in [3.05, 3.63) is 39.4 Å². The molecular formula is C13H12ClN2O3-. The van der Waals surface area contributed by atoms with Gasteiger partial charge in [0.1, 0.15) is 5.82 Å². The minimum atomic E-state index is -1.30. The average Bonchev–Trinajstić information content (AvgIpc) is 2.35. The molecule has 0 saturated carbocycles. The van der Waals surface area contributed by atoms with Gasteiger partial charge in [-0.2, -0.15) is 0 Å². The molecule has 0 spiro atoms. The summed E-state index contributed by atoms with van der Waals surface area (Å²) in [5, 5.41) is 11.8. The van der Waals surface area contributed by atoms with E-state index in [-0.39, 0.29) is 6.42 Å². The van der Waals surface area contributed by atoms with Gasteiger partial charge in [-0.15, -0.1) is 0 Å². The van der Waals surface area contributed by atoms with Crippen molar-refractivity contribution >= 4 is 28.5 Å². The van der Waals surface area contributed by atoms with E-state index in [1.54, 1.807) is 26.0 Å². The van der Waals surface area contributed by atoms with E-state index in [0.29, 0.717) is 21.7 Å². The Balaban J connectivity index is 2.81. The molecule has 1 atom stereocenters. The van der Waals surface area contributed by atoms with Crippen molar-refractivity contribution in [2.24, 2.45) is 0 Å². The topological polar surface area (TPSA) is 75.0 Å². The third-order valence-electron chi connectivity index (χ3n) is 3.01. The van der Waals surface area contributed by atoms with Crippen molar-refractivity contribution in [1.82, 2.24) is 9.55 Å². The van der Waals surface area contributed by atoms with Crippen LogP contribution in [0.3, 0.4) is 0 Å². The first-order valence-corrected chi connectivity index (χ1v) is 6.22. The number of rotatable bonds is 3. The van der Waals surface area contributed by atoms with Gasteiger partial charge < -0.3 is 9.90 Å². The second-order valence-electron chi connectivity index (χ2n) is 4.24. The van der Waals surface area contributed by atoms with Crippen LogP contribution in [0, 0.1) is 6.92 Å². The molecule has 0 N–H and O–H groups in total. The van der Waals surface area contributed by atoms with Crippen molar-refractivity contribution in [3.8, 4) is 0 Å². The lowest BCUT2D eigenvalue weighted by molar-refractivity contribution is -0.310. The highest BCUT2D eigenvalue weighted by Crippen LogP contribution is 2.17. The molecule has 19 heavy (non-hydrogen) atoms. The van der Waals surface area contributed by atoms with Crippen LogP contribution in [0.4, 0.5) is 0 Å². The minimum Gasteiger partial charge on any atom is -0.548 e. The molecule has 2 rings (SSSR count). The van der Waals surface area contributed by atoms with Gasteiger partial charge >= 0.3 is 0 Å². The van der Waals surface area contributed by atoms with E-state index >= 15 is 0 Å². The predicted octanol–water partition coefficient (Wildman–Crippen LogP) is 1.06. The Morgan fingerprint density at radius 3 is 2.79 bits per heavy atom. The third-order valence-corrected chi connectivity index (χ3v) is 3.24. The molecule has 0 fully saturated rings. The number of carboxylic acids is 1. The van der Waals surface area contributed by atoms with E-state index in [4.69, 9.17) is 11.6 Å². The van der Waals surface area contributed by atoms with Gasteiger partial charge in [0.25, 0.3) is 5.56 Å². The molecule has 1 aromatic heterocycles. The first-order chi connectivity index (χ1) is 8.95. The third kappa shape index (κ3) is 2.33. The number of carbonyl (C=O) groups excluding carboxylic acids is 1. The van der Waals surface area contributed by atoms with Crippen LogP contribution in [0.15, 0.2) is 23.0 Å². The Bertz CT molecular complexity index is 709. The van der Waals surface area contributed by atoms with Crippen LogP contribution in [0.25, 0.3) is 10.9 Å². The summed E-state index contributed by atoms with van der Waals surface area (Å²) in [6.07, 6.45) is 0.247. The zero-order valence-corrected chi connectivity index (χ0v) is 11.3. The molecule has 0 amide bonds. The number of aryl methyl sites for hydroxylation is 1.